The number of ether oxygens (including phenoxy) is 2. The summed E-state index contributed by atoms with van der Waals surface area (Å²) in [5.74, 6) is 0. The van der Waals surface area contributed by atoms with Gasteiger partial charge in [0.1, 0.15) is 0 Å². The van der Waals surface area contributed by atoms with Crippen LogP contribution in [0.4, 0.5) is 0 Å². The largest absolute Gasteiger partial charge is 0.374 e. The molecule has 1 atom stereocenters. The molecule has 0 aliphatic carbocycles. The van der Waals surface area contributed by atoms with Gasteiger partial charge in [0.05, 0.1) is 24.9 Å². The first-order valence-electron chi connectivity index (χ1n) is 6.16. The second kappa shape index (κ2) is 5.63. The topological polar surface area (TPSA) is 30.5 Å². The van der Waals surface area contributed by atoms with Gasteiger partial charge in [-0.1, -0.05) is 30.3 Å². The lowest BCUT2D eigenvalue weighted by Gasteiger charge is -2.36. The first-order valence-corrected chi connectivity index (χ1v) is 6.16. The van der Waals surface area contributed by atoms with Crippen LogP contribution in [0.25, 0.3) is 0 Å². The molecule has 0 amide bonds. The molecule has 1 heterocycles. The fraction of sp³-hybridized carbons (Fsp3) is 0.571. The van der Waals surface area contributed by atoms with Crippen LogP contribution in [0.1, 0.15) is 19.4 Å². The molecular formula is C14H21NO2. The van der Waals surface area contributed by atoms with E-state index in [1.165, 1.54) is 5.56 Å². The molecular weight excluding hydrogens is 214 g/mol. The van der Waals surface area contributed by atoms with E-state index in [1.54, 1.807) is 0 Å². The normalized spacial score (nSPS) is 23.5. The Bertz CT molecular complexity index is 337. The fourth-order valence-electron chi connectivity index (χ4n) is 2.04. The van der Waals surface area contributed by atoms with E-state index in [9.17, 15) is 0 Å². The summed E-state index contributed by atoms with van der Waals surface area (Å²) in [7, 11) is 0. The number of hydrogen-bond donors (Lipinski definition) is 1. The minimum Gasteiger partial charge on any atom is -0.374 e. The summed E-state index contributed by atoms with van der Waals surface area (Å²) in [6.07, 6.45) is 0.155. The maximum Gasteiger partial charge on any atom is 0.0940 e. The van der Waals surface area contributed by atoms with E-state index in [-0.39, 0.29) is 11.7 Å². The van der Waals surface area contributed by atoms with Gasteiger partial charge in [0.2, 0.25) is 0 Å². The summed E-state index contributed by atoms with van der Waals surface area (Å²) in [5, 5.41) is 3.37. The molecule has 1 aliphatic heterocycles. The molecule has 0 saturated carbocycles. The minimum atomic E-state index is -0.0843. The molecule has 1 fully saturated rings. The highest BCUT2D eigenvalue weighted by Crippen LogP contribution is 2.15. The molecule has 94 valence electrons. The van der Waals surface area contributed by atoms with Crippen LogP contribution in [-0.2, 0) is 16.1 Å². The number of nitrogens with one attached hydrogen (secondary N) is 1. The van der Waals surface area contributed by atoms with Gasteiger partial charge in [-0.2, -0.15) is 0 Å². The van der Waals surface area contributed by atoms with Crippen LogP contribution in [-0.4, -0.2) is 31.4 Å². The van der Waals surface area contributed by atoms with Crippen molar-refractivity contribution in [1.29, 1.82) is 0 Å². The molecule has 0 radical (unpaired) electrons. The molecule has 3 heteroatoms. The summed E-state index contributed by atoms with van der Waals surface area (Å²) < 4.78 is 11.6. The summed E-state index contributed by atoms with van der Waals surface area (Å²) in [6, 6.07) is 10.2. The van der Waals surface area contributed by atoms with Gasteiger partial charge in [-0.05, 0) is 19.4 Å². The molecule has 0 spiro atoms. The highest BCUT2D eigenvalue weighted by molar-refractivity contribution is 5.13. The third kappa shape index (κ3) is 4.11. The zero-order chi connectivity index (χ0) is 12.1. The van der Waals surface area contributed by atoms with Gasteiger partial charge in [0, 0.05) is 13.1 Å². The molecule has 1 saturated heterocycles. The van der Waals surface area contributed by atoms with E-state index in [0.717, 1.165) is 13.1 Å². The van der Waals surface area contributed by atoms with Gasteiger partial charge >= 0.3 is 0 Å². The zero-order valence-electron chi connectivity index (χ0n) is 10.6. The molecule has 0 bridgehead atoms. The van der Waals surface area contributed by atoms with E-state index in [0.29, 0.717) is 13.2 Å². The molecule has 1 N–H and O–H groups in total. The second-order valence-corrected chi connectivity index (χ2v) is 5.13. The zero-order valence-corrected chi connectivity index (χ0v) is 10.6. The van der Waals surface area contributed by atoms with Gasteiger partial charge < -0.3 is 14.8 Å². The van der Waals surface area contributed by atoms with Crippen LogP contribution in [0.3, 0.4) is 0 Å². The van der Waals surface area contributed by atoms with E-state index >= 15 is 0 Å². The lowest BCUT2D eigenvalue weighted by molar-refractivity contribution is -0.122. The minimum absolute atomic E-state index is 0.0843. The molecule has 3 nitrogen and oxygen atoms in total. The summed E-state index contributed by atoms with van der Waals surface area (Å²) in [5.41, 5.74) is 1.12. The van der Waals surface area contributed by atoms with E-state index in [2.05, 4.69) is 31.3 Å². The van der Waals surface area contributed by atoms with Crippen molar-refractivity contribution in [1.82, 2.24) is 5.32 Å². The first kappa shape index (κ1) is 12.6. The van der Waals surface area contributed by atoms with Crippen molar-refractivity contribution in [2.24, 2.45) is 0 Å². The predicted octanol–water partition coefficient (Wildman–Crippen LogP) is 1.97. The Morgan fingerprint density at radius 1 is 1.35 bits per heavy atom. The highest BCUT2D eigenvalue weighted by atomic mass is 16.5. The average Bonchev–Trinajstić information content (AvgIpc) is 2.29. The second-order valence-electron chi connectivity index (χ2n) is 5.13. The van der Waals surface area contributed by atoms with Crippen LogP contribution >= 0.6 is 0 Å². The van der Waals surface area contributed by atoms with Gasteiger partial charge in [-0.3, -0.25) is 0 Å². The summed E-state index contributed by atoms with van der Waals surface area (Å²) in [6.45, 7) is 7.28. The Hall–Kier alpha value is -0.900. The molecule has 17 heavy (non-hydrogen) atoms. The van der Waals surface area contributed by atoms with Gasteiger partial charge in [-0.15, -0.1) is 0 Å². The van der Waals surface area contributed by atoms with E-state index in [1.807, 2.05) is 18.2 Å². The maximum atomic E-state index is 5.92. The monoisotopic (exact) mass is 235 g/mol. The number of benzene rings is 1. The fourth-order valence-corrected chi connectivity index (χ4v) is 2.04. The average molecular weight is 235 g/mol. The molecule has 1 aliphatic rings. The van der Waals surface area contributed by atoms with Crippen molar-refractivity contribution in [3.05, 3.63) is 35.9 Å². The van der Waals surface area contributed by atoms with Crippen molar-refractivity contribution in [3.8, 4) is 0 Å². The Balaban J connectivity index is 1.72. The lowest BCUT2D eigenvalue weighted by atomic mass is 10.1. The third-order valence-electron chi connectivity index (χ3n) is 2.82. The van der Waals surface area contributed by atoms with Gasteiger partial charge in [0.15, 0.2) is 0 Å². The summed E-state index contributed by atoms with van der Waals surface area (Å²) in [4.78, 5) is 0. The smallest absolute Gasteiger partial charge is 0.0940 e. The van der Waals surface area contributed by atoms with Crippen LogP contribution in [0.2, 0.25) is 0 Å². The van der Waals surface area contributed by atoms with Crippen LogP contribution in [0.15, 0.2) is 30.3 Å². The van der Waals surface area contributed by atoms with Crippen molar-refractivity contribution in [2.75, 3.05) is 19.7 Å². The number of hydrogen-bond acceptors (Lipinski definition) is 3. The third-order valence-corrected chi connectivity index (χ3v) is 2.82. The quantitative estimate of drug-likeness (QED) is 0.865. The van der Waals surface area contributed by atoms with Crippen molar-refractivity contribution < 1.29 is 9.47 Å². The lowest BCUT2D eigenvalue weighted by Crippen LogP contribution is -2.51. The van der Waals surface area contributed by atoms with Crippen molar-refractivity contribution in [2.45, 2.75) is 32.2 Å². The van der Waals surface area contributed by atoms with Crippen LogP contribution in [0.5, 0.6) is 0 Å². The maximum absolute atomic E-state index is 5.92. The Morgan fingerprint density at radius 2 is 2.12 bits per heavy atom. The standard InChI is InChI=1S/C14H21NO2/c1-14(2)11-15-8-13(17-14)10-16-9-12-6-4-3-5-7-12/h3-7,13,15H,8-11H2,1-2H3. The van der Waals surface area contributed by atoms with E-state index < -0.39 is 0 Å². The van der Waals surface area contributed by atoms with Gasteiger partial charge in [0.25, 0.3) is 0 Å². The Labute approximate surface area is 103 Å². The highest BCUT2D eigenvalue weighted by Gasteiger charge is 2.28. The van der Waals surface area contributed by atoms with Crippen LogP contribution < -0.4 is 5.32 Å². The predicted molar refractivity (Wildman–Crippen MR) is 67.9 cm³/mol. The van der Waals surface area contributed by atoms with Gasteiger partial charge in [-0.25, -0.2) is 0 Å². The Morgan fingerprint density at radius 3 is 2.82 bits per heavy atom. The molecule has 0 aromatic heterocycles. The van der Waals surface area contributed by atoms with Crippen LogP contribution in [0, 0.1) is 0 Å². The Kier molecular flexibility index (Phi) is 4.15. The van der Waals surface area contributed by atoms with E-state index in [4.69, 9.17) is 9.47 Å². The SMILES string of the molecule is CC1(C)CNCC(COCc2ccccc2)O1. The number of morpholine rings is 1. The molecule has 1 aromatic rings. The molecule has 1 unspecified atom stereocenters. The van der Waals surface area contributed by atoms with Crippen molar-refractivity contribution >= 4 is 0 Å². The molecule has 2 rings (SSSR count). The van der Waals surface area contributed by atoms with Crippen molar-refractivity contribution in [3.63, 3.8) is 0 Å². The summed E-state index contributed by atoms with van der Waals surface area (Å²) >= 11 is 0. The number of rotatable bonds is 4. The molecule has 1 aromatic carbocycles. The first-order chi connectivity index (χ1) is 8.16.